The third-order valence-electron chi connectivity index (χ3n) is 4.00. The number of ether oxygens (including phenoxy) is 1. The van der Waals surface area contributed by atoms with E-state index in [0.717, 1.165) is 11.3 Å². The fourth-order valence-electron chi connectivity index (χ4n) is 2.28. The van der Waals surface area contributed by atoms with E-state index < -0.39 is 20.7 Å². The van der Waals surface area contributed by atoms with Gasteiger partial charge in [-0.25, -0.2) is 8.42 Å². The smallest absolute Gasteiger partial charge is 0.191 e. The van der Waals surface area contributed by atoms with Crippen molar-refractivity contribution in [3.8, 4) is 5.75 Å². The monoisotopic (exact) mass is 413 g/mol. The minimum Gasteiger partial charge on any atom is -0.491 e. The fourth-order valence-corrected chi connectivity index (χ4v) is 3.26. The lowest BCUT2D eigenvalue weighted by Crippen LogP contribution is -2.42. The first-order valence-corrected chi connectivity index (χ1v) is 11.3. The topological polar surface area (TPSA) is 100 Å². The molecule has 1 aromatic carbocycles. The lowest BCUT2D eigenvalue weighted by atomic mass is 10.1. The molecule has 0 aliphatic carbocycles. The molecule has 1 atom stereocenters. The van der Waals surface area contributed by atoms with Crippen molar-refractivity contribution >= 4 is 15.8 Å². The lowest BCUT2D eigenvalue weighted by molar-refractivity contribution is 0.186. The van der Waals surface area contributed by atoms with Gasteiger partial charge in [-0.3, -0.25) is 4.99 Å². The number of nitrogens with one attached hydrogen (secondary N) is 2. The zero-order valence-corrected chi connectivity index (χ0v) is 18.6. The summed E-state index contributed by atoms with van der Waals surface area (Å²) in [7, 11) is -3.20. The van der Waals surface area contributed by atoms with Crippen LogP contribution in [0.25, 0.3) is 0 Å². The Kier molecular flexibility index (Phi) is 9.23. The Bertz CT molecular complexity index is 723. The Labute approximate surface area is 169 Å². The van der Waals surface area contributed by atoms with Crippen LogP contribution >= 0.6 is 0 Å². The molecule has 0 bridgehead atoms. The fraction of sp³-hybridized carbons (Fsp3) is 0.650. The quantitative estimate of drug-likeness (QED) is 0.424. The summed E-state index contributed by atoms with van der Waals surface area (Å²) in [6.07, 6.45) is -0.668. The lowest BCUT2D eigenvalue weighted by Gasteiger charge is -2.20. The number of benzene rings is 1. The molecule has 0 saturated carbocycles. The van der Waals surface area contributed by atoms with Gasteiger partial charge in [0.25, 0.3) is 0 Å². The number of hydrogen-bond donors (Lipinski definition) is 3. The van der Waals surface area contributed by atoms with Gasteiger partial charge in [0.05, 0.1) is 29.3 Å². The minimum atomic E-state index is -3.20. The SMILES string of the molecule is CCNC(=NCC(O)c1ccc(OC(C)C)cc1)NCCS(=O)(=O)C(C)(C)C. The Balaban J connectivity index is 2.65. The molecule has 0 fully saturated rings. The van der Waals surface area contributed by atoms with Crippen LogP contribution in [0.2, 0.25) is 0 Å². The van der Waals surface area contributed by atoms with Gasteiger partial charge >= 0.3 is 0 Å². The molecule has 0 saturated heterocycles. The van der Waals surface area contributed by atoms with Gasteiger partial charge in [0.2, 0.25) is 0 Å². The van der Waals surface area contributed by atoms with Crippen LogP contribution in [0.3, 0.4) is 0 Å². The molecule has 7 nitrogen and oxygen atoms in total. The van der Waals surface area contributed by atoms with Crippen molar-refractivity contribution in [2.75, 3.05) is 25.4 Å². The van der Waals surface area contributed by atoms with Crippen LogP contribution in [-0.2, 0) is 9.84 Å². The van der Waals surface area contributed by atoms with Crippen molar-refractivity contribution in [1.29, 1.82) is 0 Å². The number of aliphatic hydroxyl groups is 1. The number of nitrogens with zero attached hydrogens (tertiary/aromatic N) is 1. The van der Waals surface area contributed by atoms with Crippen LogP contribution in [-0.4, -0.2) is 55.7 Å². The second-order valence-electron chi connectivity index (χ2n) is 7.83. The summed E-state index contributed by atoms with van der Waals surface area (Å²) in [6, 6.07) is 7.27. The van der Waals surface area contributed by atoms with Crippen LogP contribution in [0.5, 0.6) is 5.75 Å². The highest BCUT2D eigenvalue weighted by Crippen LogP contribution is 2.19. The van der Waals surface area contributed by atoms with Gasteiger partial charge in [0, 0.05) is 13.1 Å². The van der Waals surface area contributed by atoms with Crippen molar-refractivity contribution in [2.45, 2.75) is 58.5 Å². The molecule has 0 aliphatic rings. The summed E-state index contributed by atoms with van der Waals surface area (Å²) in [5.74, 6) is 1.25. The van der Waals surface area contributed by atoms with Crippen LogP contribution in [0.1, 0.15) is 53.2 Å². The molecule has 1 unspecified atom stereocenters. The number of sulfone groups is 1. The van der Waals surface area contributed by atoms with E-state index in [0.29, 0.717) is 12.5 Å². The van der Waals surface area contributed by atoms with E-state index in [1.165, 1.54) is 0 Å². The molecular weight excluding hydrogens is 378 g/mol. The summed E-state index contributed by atoms with van der Waals surface area (Å²) in [5, 5.41) is 16.4. The minimum absolute atomic E-state index is 0.0147. The number of guanidine groups is 1. The normalized spacial score (nSPS) is 14.1. The van der Waals surface area contributed by atoms with E-state index in [4.69, 9.17) is 4.74 Å². The largest absolute Gasteiger partial charge is 0.491 e. The molecule has 0 aliphatic heterocycles. The predicted octanol–water partition coefficient (Wildman–Crippen LogP) is 2.28. The summed E-state index contributed by atoms with van der Waals surface area (Å²) in [6.45, 7) is 12.0. The van der Waals surface area contributed by atoms with Gasteiger partial charge in [0.15, 0.2) is 15.8 Å². The van der Waals surface area contributed by atoms with Gasteiger partial charge in [-0.2, -0.15) is 0 Å². The zero-order chi connectivity index (χ0) is 21.4. The number of aliphatic hydroxyl groups excluding tert-OH is 1. The first kappa shape index (κ1) is 24.2. The second-order valence-corrected chi connectivity index (χ2v) is 10.7. The van der Waals surface area contributed by atoms with Crippen molar-refractivity contribution < 1.29 is 18.3 Å². The molecule has 160 valence electrons. The van der Waals surface area contributed by atoms with Crippen molar-refractivity contribution in [3.63, 3.8) is 0 Å². The molecule has 28 heavy (non-hydrogen) atoms. The number of aliphatic imine (C=N–C) groups is 1. The van der Waals surface area contributed by atoms with E-state index >= 15 is 0 Å². The Morgan fingerprint density at radius 3 is 2.29 bits per heavy atom. The molecule has 1 aromatic rings. The molecule has 0 amide bonds. The predicted molar refractivity (Wildman–Crippen MR) is 115 cm³/mol. The Morgan fingerprint density at radius 1 is 1.18 bits per heavy atom. The summed E-state index contributed by atoms with van der Waals surface area (Å²) < 4.78 is 29.2. The van der Waals surface area contributed by atoms with Gasteiger partial charge in [-0.05, 0) is 59.2 Å². The van der Waals surface area contributed by atoms with E-state index in [9.17, 15) is 13.5 Å². The molecule has 3 N–H and O–H groups in total. The molecule has 1 rings (SSSR count). The standard InChI is InChI=1S/C20H35N3O4S/c1-7-21-19(22-12-13-28(25,26)20(4,5)6)23-14-18(24)16-8-10-17(11-9-16)27-15(2)3/h8-11,15,18,24H,7,12-14H2,1-6H3,(H2,21,22,23). The second kappa shape index (κ2) is 10.7. The van der Waals surface area contributed by atoms with Crippen LogP contribution in [0, 0.1) is 0 Å². The number of rotatable bonds is 9. The van der Waals surface area contributed by atoms with Gasteiger partial charge in [-0.15, -0.1) is 0 Å². The zero-order valence-electron chi connectivity index (χ0n) is 17.8. The third-order valence-corrected chi connectivity index (χ3v) is 6.61. The highest BCUT2D eigenvalue weighted by atomic mass is 32.2. The van der Waals surface area contributed by atoms with Crippen LogP contribution in [0.15, 0.2) is 29.3 Å². The van der Waals surface area contributed by atoms with E-state index in [-0.39, 0.29) is 24.9 Å². The average Bonchev–Trinajstić information content (AvgIpc) is 2.58. The van der Waals surface area contributed by atoms with Gasteiger partial charge < -0.3 is 20.5 Å². The van der Waals surface area contributed by atoms with Crippen molar-refractivity contribution in [2.24, 2.45) is 4.99 Å². The maximum Gasteiger partial charge on any atom is 0.191 e. The molecule has 0 heterocycles. The van der Waals surface area contributed by atoms with E-state index in [1.807, 2.05) is 45.0 Å². The first-order valence-electron chi connectivity index (χ1n) is 9.65. The van der Waals surface area contributed by atoms with Crippen molar-refractivity contribution in [1.82, 2.24) is 10.6 Å². The van der Waals surface area contributed by atoms with Crippen molar-refractivity contribution in [3.05, 3.63) is 29.8 Å². The molecule has 0 radical (unpaired) electrons. The molecule has 0 aromatic heterocycles. The van der Waals surface area contributed by atoms with E-state index in [2.05, 4.69) is 15.6 Å². The first-order chi connectivity index (χ1) is 13.0. The maximum atomic E-state index is 12.2. The summed E-state index contributed by atoms with van der Waals surface area (Å²) in [4.78, 5) is 4.36. The summed E-state index contributed by atoms with van der Waals surface area (Å²) >= 11 is 0. The van der Waals surface area contributed by atoms with Gasteiger partial charge in [-0.1, -0.05) is 12.1 Å². The van der Waals surface area contributed by atoms with Crippen LogP contribution in [0.4, 0.5) is 0 Å². The molecule has 8 heteroatoms. The van der Waals surface area contributed by atoms with Crippen LogP contribution < -0.4 is 15.4 Å². The maximum absolute atomic E-state index is 12.2. The number of hydrogen-bond acceptors (Lipinski definition) is 5. The Morgan fingerprint density at radius 2 is 1.79 bits per heavy atom. The highest BCUT2D eigenvalue weighted by Gasteiger charge is 2.28. The third kappa shape index (κ3) is 8.06. The summed E-state index contributed by atoms with van der Waals surface area (Å²) in [5.41, 5.74) is 0.742. The molecule has 0 spiro atoms. The van der Waals surface area contributed by atoms with E-state index in [1.54, 1.807) is 20.8 Å². The highest BCUT2D eigenvalue weighted by molar-refractivity contribution is 7.92. The molecular formula is C20H35N3O4S. The van der Waals surface area contributed by atoms with Gasteiger partial charge in [0.1, 0.15) is 5.75 Å². The Hall–Kier alpha value is -1.80. The average molecular weight is 414 g/mol.